The molecule has 0 aromatic carbocycles. The smallest absolute Gasteiger partial charge is 0.306 e. The van der Waals surface area contributed by atoms with Gasteiger partial charge in [-0.25, -0.2) is 0 Å². The van der Waals surface area contributed by atoms with Gasteiger partial charge in [0.2, 0.25) is 0 Å². The van der Waals surface area contributed by atoms with Crippen molar-refractivity contribution in [2.45, 2.75) is 70.8 Å². The van der Waals surface area contributed by atoms with Crippen LogP contribution in [0.15, 0.2) is 23.8 Å². The summed E-state index contributed by atoms with van der Waals surface area (Å²) in [6.45, 7) is 4.78. The highest BCUT2D eigenvalue weighted by Gasteiger charge is 2.66. The van der Waals surface area contributed by atoms with Gasteiger partial charge >= 0.3 is 5.97 Å². The predicted octanol–water partition coefficient (Wildman–Crippen LogP) is 4.37. The molecule has 4 aliphatic carbocycles. The van der Waals surface area contributed by atoms with Gasteiger partial charge < -0.3 is 4.74 Å². The molecule has 3 unspecified atom stereocenters. The minimum Gasteiger partial charge on any atom is -0.458 e. The van der Waals surface area contributed by atoms with Gasteiger partial charge in [-0.2, -0.15) is 0 Å². The van der Waals surface area contributed by atoms with Gasteiger partial charge in [0.05, 0.1) is 0 Å². The molecule has 0 radical (unpaired) electrons. The average Bonchev–Trinajstić information content (AvgIpc) is 3.10. The molecular formula is C22H28O3. The largest absolute Gasteiger partial charge is 0.458 e. The van der Waals surface area contributed by atoms with Crippen molar-refractivity contribution < 1.29 is 14.3 Å². The van der Waals surface area contributed by atoms with Gasteiger partial charge in [-0.1, -0.05) is 26.0 Å². The zero-order valence-corrected chi connectivity index (χ0v) is 15.3. The van der Waals surface area contributed by atoms with Gasteiger partial charge in [0.25, 0.3) is 0 Å². The first-order valence-electron chi connectivity index (χ1n) is 10.0. The number of carbonyl (C=O) groups excluding carboxylic acids is 2. The van der Waals surface area contributed by atoms with Crippen LogP contribution in [0.3, 0.4) is 0 Å². The topological polar surface area (TPSA) is 43.4 Å². The highest BCUT2D eigenvalue weighted by atomic mass is 16.6. The van der Waals surface area contributed by atoms with Crippen LogP contribution in [0.2, 0.25) is 0 Å². The molecule has 1 spiro atoms. The molecule has 6 atom stereocenters. The standard InChI is InChI=1S/C22H28O3/c1-20-9-5-15(23)13-14(20)3-4-16-17(20)6-10-21(2)18(16)7-11-22(21)12-8-19(24)25-22/h3-4,13,16-18H,5-12H2,1-2H3/t16?,17?,18?,20-,21-,22-/m0/s1. The lowest BCUT2D eigenvalue weighted by Crippen LogP contribution is -2.53. The Kier molecular flexibility index (Phi) is 3.08. The molecule has 0 aromatic rings. The number of carbonyl (C=O) groups is 2. The molecule has 25 heavy (non-hydrogen) atoms. The van der Waals surface area contributed by atoms with E-state index < -0.39 is 0 Å². The minimum absolute atomic E-state index is 0.00570. The Morgan fingerprint density at radius 1 is 1.00 bits per heavy atom. The van der Waals surface area contributed by atoms with Crippen LogP contribution < -0.4 is 0 Å². The number of ether oxygens (including phenoxy) is 1. The fraction of sp³-hybridized carbons (Fsp3) is 0.727. The van der Waals surface area contributed by atoms with E-state index in [1.807, 2.05) is 6.08 Å². The van der Waals surface area contributed by atoms with E-state index in [0.29, 0.717) is 30.6 Å². The molecular weight excluding hydrogens is 312 g/mol. The monoisotopic (exact) mass is 340 g/mol. The van der Waals surface area contributed by atoms with Crippen LogP contribution in [0.1, 0.15) is 65.2 Å². The summed E-state index contributed by atoms with van der Waals surface area (Å²) in [6.07, 6.45) is 14.3. The molecule has 134 valence electrons. The first kappa shape index (κ1) is 15.8. The maximum Gasteiger partial charge on any atom is 0.306 e. The minimum atomic E-state index is -0.201. The Labute approximate surface area is 149 Å². The van der Waals surface area contributed by atoms with Crippen molar-refractivity contribution in [3.05, 3.63) is 23.8 Å². The van der Waals surface area contributed by atoms with Crippen molar-refractivity contribution in [3.63, 3.8) is 0 Å². The molecule has 1 heterocycles. The lowest BCUT2D eigenvalue weighted by Gasteiger charge is -2.57. The Balaban J connectivity index is 1.53. The predicted molar refractivity (Wildman–Crippen MR) is 94.7 cm³/mol. The Bertz CT molecular complexity index is 719. The lowest BCUT2D eigenvalue weighted by molar-refractivity contribution is -0.165. The molecule has 3 heteroatoms. The number of esters is 1. The summed E-state index contributed by atoms with van der Waals surface area (Å²) in [7, 11) is 0. The number of allylic oxidation sites excluding steroid dienone is 4. The van der Waals surface area contributed by atoms with E-state index in [-0.39, 0.29) is 28.2 Å². The van der Waals surface area contributed by atoms with E-state index in [4.69, 9.17) is 4.74 Å². The van der Waals surface area contributed by atoms with Gasteiger partial charge in [0.1, 0.15) is 5.60 Å². The van der Waals surface area contributed by atoms with Crippen LogP contribution in [-0.2, 0) is 14.3 Å². The van der Waals surface area contributed by atoms with Crippen LogP contribution in [0.4, 0.5) is 0 Å². The third-order valence-electron chi connectivity index (χ3n) is 8.85. The van der Waals surface area contributed by atoms with Gasteiger partial charge in [0.15, 0.2) is 5.78 Å². The third-order valence-corrected chi connectivity index (χ3v) is 8.85. The Morgan fingerprint density at radius 2 is 1.80 bits per heavy atom. The van der Waals surface area contributed by atoms with E-state index in [1.165, 1.54) is 18.4 Å². The zero-order chi connectivity index (χ0) is 17.4. The highest BCUT2D eigenvalue weighted by molar-refractivity contribution is 5.92. The lowest BCUT2D eigenvalue weighted by atomic mass is 9.48. The number of hydrogen-bond donors (Lipinski definition) is 0. The molecule has 0 amide bonds. The maximum atomic E-state index is 11.9. The molecule has 0 aromatic heterocycles. The molecule has 5 aliphatic rings. The quantitative estimate of drug-likeness (QED) is 0.615. The Morgan fingerprint density at radius 3 is 2.56 bits per heavy atom. The van der Waals surface area contributed by atoms with Crippen molar-refractivity contribution >= 4 is 11.8 Å². The second kappa shape index (κ2) is 4.86. The fourth-order valence-corrected chi connectivity index (χ4v) is 7.29. The van der Waals surface area contributed by atoms with Gasteiger partial charge in [-0.05, 0) is 73.3 Å². The molecule has 2 saturated carbocycles. The summed E-state index contributed by atoms with van der Waals surface area (Å²) in [5.74, 6) is 2.08. The maximum absolute atomic E-state index is 11.9. The summed E-state index contributed by atoms with van der Waals surface area (Å²) < 4.78 is 5.99. The normalized spacial score (nSPS) is 51.0. The number of fused-ring (bicyclic) bond motifs is 6. The Hall–Kier alpha value is -1.38. The summed E-state index contributed by atoms with van der Waals surface area (Å²) in [4.78, 5) is 23.8. The van der Waals surface area contributed by atoms with Gasteiger partial charge in [-0.15, -0.1) is 0 Å². The molecule has 3 nitrogen and oxygen atoms in total. The third kappa shape index (κ3) is 1.88. The summed E-state index contributed by atoms with van der Waals surface area (Å²) >= 11 is 0. The highest BCUT2D eigenvalue weighted by Crippen LogP contribution is 2.68. The van der Waals surface area contributed by atoms with Crippen LogP contribution in [0.5, 0.6) is 0 Å². The molecule has 1 saturated heterocycles. The number of rotatable bonds is 0. The van der Waals surface area contributed by atoms with Crippen molar-refractivity contribution in [2.24, 2.45) is 28.6 Å². The zero-order valence-electron chi connectivity index (χ0n) is 15.3. The SMILES string of the molecule is C[C@]12CCC(=O)C=C1C=CC1C2CC[C@@]2(C)C1CC[C@]21CCC(=O)O1. The summed E-state index contributed by atoms with van der Waals surface area (Å²) in [5, 5.41) is 0. The van der Waals surface area contributed by atoms with Crippen LogP contribution in [-0.4, -0.2) is 17.4 Å². The molecule has 1 aliphatic heterocycles. The van der Waals surface area contributed by atoms with Crippen molar-refractivity contribution in [1.29, 1.82) is 0 Å². The van der Waals surface area contributed by atoms with Crippen molar-refractivity contribution in [3.8, 4) is 0 Å². The van der Waals surface area contributed by atoms with E-state index in [9.17, 15) is 9.59 Å². The van der Waals surface area contributed by atoms with Crippen LogP contribution >= 0.6 is 0 Å². The molecule has 5 rings (SSSR count). The summed E-state index contributed by atoms with van der Waals surface area (Å²) in [6, 6.07) is 0. The average molecular weight is 340 g/mol. The second-order valence-corrected chi connectivity index (χ2v) is 9.60. The number of hydrogen-bond acceptors (Lipinski definition) is 3. The van der Waals surface area contributed by atoms with Gasteiger partial charge in [-0.3, -0.25) is 9.59 Å². The van der Waals surface area contributed by atoms with Crippen molar-refractivity contribution in [2.75, 3.05) is 0 Å². The summed E-state index contributed by atoms with van der Waals surface area (Å²) in [5.41, 5.74) is 1.32. The van der Waals surface area contributed by atoms with Crippen LogP contribution in [0, 0.1) is 28.6 Å². The van der Waals surface area contributed by atoms with Crippen molar-refractivity contribution in [1.82, 2.24) is 0 Å². The first-order chi connectivity index (χ1) is 11.9. The first-order valence-corrected chi connectivity index (χ1v) is 10.0. The van der Waals surface area contributed by atoms with Gasteiger partial charge in [0, 0.05) is 18.3 Å². The molecule has 0 N–H and O–H groups in total. The fourth-order valence-electron chi connectivity index (χ4n) is 7.29. The van der Waals surface area contributed by atoms with E-state index >= 15 is 0 Å². The van der Waals surface area contributed by atoms with E-state index in [1.54, 1.807) is 0 Å². The van der Waals surface area contributed by atoms with E-state index in [0.717, 1.165) is 25.7 Å². The molecule has 0 bridgehead atoms. The van der Waals surface area contributed by atoms with E-state index in [2.05, 4.69) is 26.0 Å². The molecule has 3 fully saturated rings. The number of ketones is 1. The second-order valence-electron chi connectivity index (χ2n) is 9.60. The van der Waals surface area contributed by atoms with Crippen LogP contribution in [0.25, 0.3) is 0 Å².